The number of sulfonamides is 1. The van der Waals surface area contributed by atoms with Gasteiger partial charge in [0.15, 0.2) is 0 Å². The third-order valence-corrected chi connectivity index (χ3v) is 3.88. The molecule has 17 heavy (non-hydrogen) atoms. The average Bonchev–Trinajstić information content (AvgIpc) is 2.72. The number of fused-ring (bicyclic) bond motifs is 1. The number of primary sulfonamides is 1. The van der Waals surface area contributed by atoms with Gasteiger partial charge < -0.3 is 4.74 Å². The van der Waals surface area contributed by atoms with Crippen molar-refractivity contribution in [1.82, 2.24) is 0 Å². The molecule has 0 aliphatic heterocycles. The van der Waals surface area contributed by atoms with Crippen LogP contribution in [-0.4, -0.2) is 21.5 Å². The van der Waals surface area contributed by atoms with E-state index in [2.05, 4.69) is 4.74 Å². The number of carbonyl (C=O) groups is 1. The van der Waals surface area contributed by atoms with Crippen LogP contribution in [0.4, 0.5) is 0 Å². The molecule has 1 aromatic carbocycles. The van der Waals surface area contributed by atoms with E-state index in [1.54, 1.807) is 6.07 Å². The Morgan fingerprint density at radius 2 is 2.06 bits per heavy atom. The van der Waals surface area contributed by atoms with Gasteiger partial charge in [0, 0.05) is 0 Å². The van der Waals surface area contributed by atoms with E-state index >= 15 is 0 Å². The summed E-state index contributed by atoms with van der Waals surface area (Å²) in [6.07, 6.45) is 2.33. The molecule has 1 aromatic rings. The SMILES string of the molecule is COC(=O)c1cc2c(c(S(N)(=O)=O)c1)CCC2. The molecule has 0 bridgehead atoms. The Morgan fingerprint density at radius 3 is 2.65 bits per heavy atom. The minimum Gasteiger partial charge on any atom is -0.465 e. The maximum Gasteiger partial charge on any atom is 0.337 e. The summed E-state index contributed by atoms with van der Waals surface area (Å²) in [5, 5.41) is 5.16. The van der Waals surface area contributed by atoms with Crippen molar-refractivity contribution in [3.05, 3.63) is 28.8 Å². The molecule has 92 valence electrons. The van der Waals surface area contributed by atoms with Crippen molar-refractivity contribution in [2.24, 2.45) is 5.14 Å². The lowest BCUT2D eigenvalue weighted by molar-refractivity contribution is 0.0600. The minimum atomic E-state index is -3.80. The number of methoxy groups -OCH3 is 1. The van der Waals surface area contributed by atoms with Gasteiger partial charge in [-0.05, 0) is 42.5 Å². The van der Waals surface area contributed by atoms with Crippen LogP contribution < -0.4 is 5.14 Å². The molecule has 0 saturated heterocycles. The normalized spacial score (nSPS) is 14.5. The first kappa shape index (κ1) is 12.1. The van der Waals surface area contributed by atoms with Gasteiger partial charge in [0.2, 0.25) is 10.0 Å². The Morgan fingerprint density at radius 1 is 1.35 bits per heavy atom. The number of hydrogen-bond donors (Lipinski definition) is 1. The van der Waals surface area contributed by atoms with E-state index in [0.29, 0.717) is 6.42 Å². The van der Waals surface area contributed by atoms with Gasteiger partial charge in [-0.15, -0.1) is 0 Å². The molecule has 0 saturated carbocycles. The Labute approximate surface area is 99.6 Å². The highest BCUT2D eigenvalue weighted by Crippen LogP contribution is 2.29. The van der Waals surface area contributed by atoms with Crippen molar-refractivity contribution in [2.75, 3.05) is 7.11 Å². The monoisotopic (exact) mass is 255 g/mol. The molecule has 0 spiro atoms. The zero-order chi connectivity index (χ0) is 12.6. The first-order valence-electron chi connectivity index (χ1n) is 5.20. The molecule has 2 N–H and O–H groups in total. The molecular formula is C11H13NO4S. The van der Waals surface area contributed by atoms with Gasteiger partial charge >= 0.3 is 5.97 Å². The van der Waals surface area contributed by atoms with Crippen molar-refractivity contribution in [3.63, 3.8) is 0 Å². The van der Waals surface area contributed by atoms with E-state index in [9.17, 15) is 13.2 Å². The van der Waals surface area contributed by atoms with E-state index in [4.69, 9.17) is 5.14 Å². The summed E-state index contributed by atoms with van der Waals surface area (Å²) in [6, 6.07) is 2.98. The highest BCUT2D eigenvalue weighted by Gasteiger charge is 2.24. The first-order chi connectivity index (χ1) is 7.93. The van der Waals surface area contributed by atoms with Crippen LogP contribution in [0.1, 0.15) is 27.9 Å². The van der Waals surface area contributed by atoms with Gasteiger partial charge in [-0.3, -0.25) is 0 Å². The van der Waals surface area contributed by atoms with Crippen LogP contribution in [0.15, 0.2) is 17.0 Å². The predicted octanol–water partition coefficient (Wildman–Crippen LogP) is 0.609. The van der Waals surface area contributed by atoms with Gasteiger partial charge in [0.25, 0.3) is 0 Å². The summed E-state index contributed by atoms with van der Waals surface area (Å²) in [5.41, 5.74) is 1.84. The van der Waals surface area contributed by atoms with Crippen LogP contribution in [0.2, 0.25) is 0 Å². The molecule has 0 fully saturated rings. The fraction of sp³-hybridized carbons (Fsp3) is 0.364. The fourth-order valence-corrected chi connectivity index (χ4v) is 3.02. The number of nitrogens with two attached hydrogens (primary N) is 1. The summed E-state index contributed by atoms with van der Waals surface area (Å²) in [6.45, 7) is 0. The zero-order valence-electron chi connectivity index (χ0n) is 9.39. The quantitative estimate of drug-likeness (QED) is 0.784. The highest BCUT2D eigenvalue weighted by atomic mass is 32.2. The van der Waals surface area contributed by atoms with Crippen molar-refractivity contribution in [1.29, 1.82) is 0 Å². The number of ether oxygens (including phenoxy) is 1. The molecule has 0 aromatic heterocycles. The predicted molar refractivity (Wildman–Crippen MR) is 61.2 cm³/mol. The van der Waals surface area contributed by atoms with E-state index in [-0.39, 0.29) is 10.5 Å². The van der Waals surface area contributed by atoms with Crippen molar-refractivity contribution >= 4 is 16.0 Å². The first-order valence-corrected chi connectivity index (χ1v) is 6.75. The number of hydrogen-bond acceptors (Lipinski definition) is 4. The molecule has 1 aliphatic carbocycles. The number of carbonyl (C=O) groups excluding carboxylic acids is 1. The molecule has 0 atom stereocenters. The lowest BCUT2D eigenvalue weighted by atomic mass is 10.1. The third kappa shape index (κ3) is 2.18. The number of aryl methyl sites for hydroxylation is 1. The smallest absolute Gasteiger partial charge is 0.337 e. The minimum absolute atomic E-state index is 0.0490. The van der Waals surface area contributed by atoms with Gasteiger partial charge in [-0.2, -0.15) is 0 Å². The van der Waals surface area contributed by atoms with E-state index < -0.39 is 16.0 Å². The molecule has 2 rings (SSSR count). The van der Waals surface area contributed by atoms with Crippen LogP contribution in [0.25, 0.3) is 0 Å². The standard InChI is InChI=1S/C11H13NO4S/c1-16-11(13)8-5-7-3-2-4-9(7)10(6-8)17(12,14)15/h5-6H,2-4H2,1H3,(H2,12,14,15). The van der Waals surface area contributed by atoms with Gasteiger partial charge in [-0.1, -0.05) is 0 Å². The summed E-state index contributed by atoms with van der Waals surface area (Å²) in [4.78, 5) is 11.5. The summed E-state index contributed by atoms with van der Waals surface area (Å²) < 4.78 is 27.6. The second-order valence-corrected chi connectivity index (χ2v) is 5.53. The van der Waals surface area contributed by atoms with Crippen molar-refractivity contribution in [3.8, 4) is 0 Å². The molecule has 6 heteroatoms. The van der Waals surface area contributed by atoms with Crippen molar-refractivity contribution < 1.29 is 17.9 Å². The second kappa shape index (κ2) is 4.12. The summed E-state index contributed by atoms with van der Waals surface area (Å²) in [7, 11) is -2.54. The van der Waals surface area contributed by atoms with E-state index in [1.807, 2.05) is 0 Å². The Balaban J connectivity index is 2.66. The molecule has 0 amide bonds. The molecule has 1 aliphatic rings. The Bertz CT molecular complexity index is 577. The molecule has 0 unspecified atom stereocenters. The molecule has 0 heterocycles. The molecule has 5 nitrogen and oxygen atoms in total. The van der Waals surface area contributed by atoms with Crippen LogP contribution >= 0.6 is 0 Å². The van der Waals surface area contributed by atoms with Gasteiger partial charge in [0.1, 0.15) is 0 Å². The second-order valence-electron chi connectivity index (χ2n) is 4.00. The number of benzene rings is 1. The highest BCUT2D eigenvalue weighted by molar-refractivity contribution is 7.89. The maximum atomic E-state index is 11.5. The molecule has 0 radical (unpaired) electrons. The Kier molecular flexibility index (Phi) is 2.92. The molecular weight excluding hydrogens is 242 g/mol. The third-order valence-electron chi connectivity index (χ3n) is 2.90. The zero-order valence-corrected chi connectivity index (χ0v) is 10.2. The van der Waals surface area contributed by atoms with Crippen LogP contribution in [-0.2, 0) is 27.6 Å². The largest absolute Gasteiger partial charge is 0.465 e. The van der Waals surface area contributed by atoms with Gasteiger partial charge in [0.05, 0.1) is 17.6 Å². The van der Waals surface area contributed by atoms with Gasteiger partial charge in [-0.25, -0.2) is 18.4 Å². The maximum absolute atomic E-state index is 11.5. The van der Waals surface area contributed by atoms with Crippen LogP contribution in [0.5, 0.6) is 0 Å². The number of esters is 1. The fourth-order valence-electron chi connectivity index (χ4n) is 2.16. The van der Waals surface area contributed by atoms with Crippen molar-refractivity contribution in [2.45, 2.75) is 24.2 Å². The lowest BCUT2D eigenvalue weighted by Crippen LogP contribution is -2.16. The van der Waals surface area contributed by atoms with Crippen LogP contribution in [0.3, 0.4) is 0 Å². The Hall–Kier alpha value is -1.40. The van der Waals surface area contributed by atoms with E-state index in [0.717, 1.165) is 24.0 Å². The number of rotatable bonds is 2. The topological polar surface area (TPSA) is 86.5 Å². The lowest BCUT2D eigenvalue weighted by Gasteiger charge is -2.09. The van der Waals surface area contributed by atoms with E-state index in [1.165, 1.54) is 13.2 Å². The summed E-state index contributed by atoms with van der Waals surface area (Å²) >= 11 is 0. The average molecular weight is 255 g/mol. The van der Waals surface area contributed by atoms with Crippen LogP contribution in [0, 0.1) is 0 Å². The summed E-state index contributed by atoms with van der Waals surface area (Å²) in [5.74, 6) is -0.551.